The van der Waals surface area contributed by atoms with Crippen LogP contribution < -0.4 is 10.6 Å². The molecule has 0 radical (unpaired) electrons. The van der Waals surface area contributed by atoms with Crippen LogP contribution >= 0.6 is 12.4 Å². The minimum atomic E-state index is 0. The van der Waals surface area contributed by atoms with Gasteiger partial charge in [0.2, 0.25) is 5.91 Å². The van der Waals surface area contributed by atoms with Crippen LogP contribution in [-0.4, -0.2) is 12.5 Å². The van der Waals surface area contributed by atoms with Crippen molar-refractivity contribution in [1.29, 1.82) is 0 Å². The molecule has 0 aromatic heterocycles. The van der Waals surface area contributed by atoms with E-state index in [1.54, 1.807) is 0 Å². The van der Waals surface area contributed by atoms with Gasteiger partial charge >= 0.3 is 0 Å². The molecule has 0 saturated carbocycles. The molecule has 1 aromatic carbocycles. The summed E-state index contributed by atoms with van der Waals surface area (Å²) in [5.74, 6) is 0.497. The normalized spacial score (nSPS) is 12.6. The molecule has 1 aromatic rings. The number of carbonyl (C=O) groups excluding carboxylic acids is 1. The van der Waals surface area contributed by atoms with E-state index in [4.69, 9.17) is 0 Å². The first-order valence-corrected chi connectivity index (χ1v) is 5.82. The Morgan fingerprint density at radius 2 is 2.24 bits per heavy atom. The van der Waals surface area contributed by atoms with Crippen LogP contribution in [0.2, 0.25) is 0 Å². The summed E-state index contributed by atoms with van der Waals surface area (Å²) >= 11 is 0. The van der Waals surface area contributed by atoms with Crippen molar-refractivity contribution >= 4 is 29.7 Å². The standard InChI is InChI=1S/C13H18N2O.ClH/c1-9(2)7-13(16)15-11-3-4-12-10(8-11)5-6-14-12;/h3-4,8-9,14H,5-7H2,1-2H3,(H,15,16);1H. The largest absolute Gasteiger partial charge is 0.384 e. The maximum absolute atomic E-state index is 11.6. The van der Waals surface area contributed by atoms with Gasteiger partial charge in [0.1, 0.15) is 0 Å². The molecule has 1 aliphatic rings. The molecule has 0 atom stereocenters. The predicted molar refractivity (Wildman–Crippen MR) is 74.0 cm³/mol. The first-order chi connectivity index (χ1) is 7.65. The molecule has 0 saturated heterocycles. The number of halogens is 1. The maximum atomic E-state index is 11.6. The SMILES string of the molecule is CC(C)CC(=O)Nc1ccc2c(c1)CCN2.Cl. The fourth-order valence-corrected chi connectivity index (χ4v) is 1.97. The summed E-state index contributed by atoms with van der Waals surface area (Å²) in [7, 11) is 0. The molecule has 0 aliphatic carbocycles. The van der Waals surface area contributed by atoms with Crippen LogP contribution in [0.1, 0.15) is 25.8 Å². The summed E-state index contributed by atoms with van der Waals surface area (Å²) in [4.78, 5) is 11.6. The van der Waals surface area contributed by atoms with Gasteiger partial charge in [-0.15, -0.1) is 12.4 Å². The van der Waals surface area contributed by atoms with Gasteiger partial charge in [0.05, 0.1) is 0 Å². The zero-order valence-electron chi connectivity index (χ0n) is 10.2. The maximum Gasteiger partial charge on any atom is 0.224 e. The van der Waals surface area contributed by atoms with E-state index in [1.807, 2.05) is 26.0 Å². The predicted octanol–water partition coefficient (Wildman–Crippen LogP) is 3.06. The molecule has 2 N–H and O–H groups in total. The lowest BCUT2D eigenvalue weighted by Gasteiger charge is -2.08. The third-order valence-corrected chi connectivity index (χ3v) is 2.69. The molecule has 1 aliphatic heterocycles. The minimum absolute atomic E-state index is 0. The van der Waals surface area contributed by atoms with Crippen LogP contribution in [0.15, 0.2) is 18.2 Å². The number of rotatable bonds is 3. The highest BCUT2D eigenvalue weighted by atomic mass is 35.5. The fraction of sp³-hybridized carbons (Fsp3) is 0.462. The van der Waals surface area contributed by atoms with E-state index in [0.29, 0.717) is 12.3 Å². The highest BCUT2D eigenvalue weighted by Crippen LogP contribution is 2.25. The van der Waals surface area contributed by atoms with Gasteiger partial charge in [-0.3, -0.25) is 4.79 Å². The van der Waals surface area contributed by atoms with Crippen LogP contribution in [0.4, 0.5) is 11.4 Å². The topological polar surface area (TPSA) is 41.1 Å². The number of hydrogen-bond acceptors (Lipinski definition) is 2. The Hall–Kier alpha value is -1.22. The first-order valence-electron chi connectivity index (χ1n) is 5.82. The Bertz CT molecular complexity index is 404. The Morgan fingerprint density at radius 3 is 2.94 bits per heavy atom. The van der Waals surface area contributed by atoms with Crippen LogP contribution in [0.25, 0.3) is 0 Å². The van der Waals surface area contributed by atoms with E-state index in [2.05, 4.69) is 16.7 Å². The van der Waals surface area contributed by atoms with Crippen LogP contribution in [0, 0.1) is 5.92 Å². The summed E-state index contributed by atoms with van der Waals surface area (Å²) in [5.41, 5.74) is 3.40. The molecule has 0 spiro atoms. The summed E-state index contributed by atoms with van der Waals surface area (Å²) in [5, 5.41) is 6.24. The van der Waals surface area contributed by atoms with Crippen molar-refractivity contribution in [2.75, 3.05) is 17.2 Å². The Labute approximate surface area is 108 Å². The van der Waals surface area contributed by atoms with Crippen molar-refractivity contribution < 1.29 is 4.79 Å². The molecule has 2 rings (SSSR count). The summed E-state index contributed by atoms with van der Waals surface area (Å²) in [6.45, 7) is 5.09. The monoisotopic (exact) mass is 254 g/mol. The molecule has 17 heavy (non-hydrogen) atoms. The molecule has 1 amide bonds. The van der Waals surface area contributed by atoms with Gasteiger partial charge < -0.3 is 10.6 Å². The molecule has 3 nitrogen and oxygen atoms in total. The van der Waals surface area contributed by atoms with Crippen molar-refractivity contribution in [3.8, 4) is 0 Å². The highest BCUT2D eigenvalue weighted by molar-refractivity contribution is 5.91. The van der Waals surface area contributed by atoms with E-state index in [-0.39, 0.29) is 18.3 Å². The number of anilines is 2. The van der Waals surface area contributed by atoms with Crippen molar-refractivity contribution in [1.82, 2.24) is 0 Å². The van der Waals surface area contributed by atoms with Crippen LogP contribution in [0.5, 0.6) is 0 Å². The number of carbonyl (C=O) groups is 1. The fourth-order valence-electron chi connectivity index (χ4n) is 1.97. The Balaban J connectivity index is 0.00000144. The van der Waals surface area contributed by atoms with Crippen molar-refractivity contribution in [2.24, 2.45) is 5.92 Å². The Kier molecular flexibility index (Phi) is 4.82. The molecule has 0 fully saturated rings. The third kappa shape index (κ3) is 3.63. The number of benzene rings is 1. The molecule has 4 heteroatoms. The van der Waals surface area contributed by atoms with Crippen LogP contribution in [0.3, 0.4) is 0 Å². The lowest BCUT2D eigenvalue weighted by atomic mass is 10.1. The van der Waals surface area contributed by atoms with Crippen LogP contribution in [-0.2, 0) is 11.2 Å². The average molecular weight is 255 g/mol. The summed E-state index contributed by atoms with van der Waals surface area (Å²) in [6.07, 6.45) is 1.62. The molecule has 0 unspecified atom stereocenters. The van der Waals surface area contributed by atoms with Gasteiger partial charge in [-0.05, 0) is 36.1 Å². The third-order valence-electron chi connectivity index (χ3n) is 2.69. The lowest BCUT2D eigenvalue weighted by Crippen LogP contribution is -2.13. The van der Waals surface area contributed by atoms with Crippen molar-refractivity contribution in [3.63, 3.8) is 0 Å². The highest BCUT2D eigenvalue weighted by Gasteiger charge is 2.11. The van der Waals surface area contributed by atoms with E-state index >= 15 is 0 Å². The van der Waals surface area contributed by atoms with E-state index < -0.39 is 0 Å². The smallest absolute Gasteiger partial charge is 0.224 e. The second-order valence-corrected chi connectivity index (χ2v) is 4.69. The van der Waals surface area contributed by atoms with Gasteiger partial charge in [-0.1, -0.05) is 13.8 Å². The Morgan fingerprint density at radius 1 is 1.47 bits per heavy atom. The summed E-state index contributed by atoms with van der Waals surface area (Å²) < 4.78 is 0. The molecule has 1 heterocycles. The molecular weight excluding hydrogens is 236 g/mol. The summed E-state index contributed by atoms with van der Waals surface area (Å²) in [6, 6.07) is 6.05. The number of fused-ring (bicyclic) bond motifs is 1. The van der Waals surface area contributed by atoms with Gasteiger partial charge in [-0.25, -0.2) is 0 Å². The second-order valence-electron chi connectivity index (χ2n) is 4.69. The number of hydrogen-bond donors (Lipinski definition) is 2. The lowest BCUT2D eigenvalue weighted by molar-refractivity contribution is -0.116. The van der Waals surface area contributed by atoms with E-state index in [0.717, 1.165) is 18.7 Å². The van der Waals surface area contributed by atoms with Gasteiger partial charge in [0, 0.05) is 24.3 Å². The average Bonchev–Trinajstić information content (AvgIpc) is 2.63. The van der Waals surface area contributed by atoms with E-state index in [1.165, 1.54) is 11.3 Å². The number of nitrogens with one attached hydrogen (secondary N) is 2. The quantitative estimate of drug-likeness (QED) is 0.871. The minimum Gasteiger partial charge on any atom is -0.384 e. The first kappa shape index (κ1) is 13.8. The van der Waals surface area contributed by atoms with E-state index in [9.17, 15) is 4.79 Å². The van der Waals surface area contributed by atoms with Crippen molar-refractivity contribution in [2.45, 2.75) is 26.7 Å². The number of amides is 1. The zero-order chi connectivity index (χ0) is 11.5. The van der Waals surface area contributed by atoms with Gasteiger partial charge in [-0.2, -0.15) is 0 Å². The molecule has 94 valence electrons. The molecular formula is C13H19ClN2O. The van der Waals surface area contributed by atoms with Gasteiger partial charge in [0.15, 0.2) is 0 Å². The van der Waals surface area contributed by atoms with Crippen molar-refractivity contribution in [3.05, 3.63) is 23.8 Å². The second kappa shape index (κ2) is 5.92. The van der Waals surface area contributed by atoms with Gasteiger partial charge in [0.25, 0.3) is 0 Å². The zero-order valence-corrected chi connectivity index (χ0v) is 11.1. The molecule has 0 bridgehead atoms.